The van der Waals surface area contributed by atoms with Crippen molar-refractivity contribution in [2.45, 2.75) is 40.0 Å². The second-order valence-corrected chi connectivity index (χ2v) is 7.67. The van der Waals surface area contributed by atoms with Gasteiger partial charge >= 0.3 is 0 Å². The lowest BCUT2D eigenvalue weighted by molar-refractivity contribution is 0.121. The zero-order valence-corrected chi connectivity index (χ0v) is 17.7. The number of hydrogen-bond donors (Lipinski definition) is 2. The molecule has 1 aliphatic heterocycles. The van der Waals surface area contributed by atoms with E-state index in [4.69, 9.17) is 9.73 Å². The molecule has 1 aromatic rings. The Labute approximate surface area is 165 Å². The molecule has 1 fully saturated rings. The molecule has 0 saturated carbocycles. The first-order valence-corrected chi connectivity index (χ1v) is 10.4. The second-order valence-electron chi connectivity index (χ2n) is 7.67. The van der Waals surface area contributed by atoms with Crippen molar-refractivity contribution in [3.8, 4) is 0 Å². The lowest BCUT2D eigenvalue weighted by atomic mass is 9.97. The van der Waals surface area contributed by atoms with Crippen LogP contribution in [0.25, 0.3) is 0 Å². The van der Waals surface area contributed by atoms with Crippen LogP contribution in [0.4, 0.5) is 0 Å². The number of methoxy groups -OCH3 is 1. The molecule has 0 radical (unpaired) electrons. The van der Waals surface area contributed by atoms with Gasteiger partial charge in [0.15, 0.2) is 5.96 Å². The van der Waals surface area contributed by atoms with E-state index in [-0.39, 0.29) is 0 Å². The molecule has 152 valence electrons. The van der Waals surface area contributed by atoms with Crippen LogP contribution in [0.3, 0.4) is 0 Å². The molecule has 0 aliphatic carbocycles. The minimum atomic E-state index is 0.693. The number of piperidine rings is 1. The number of hydrogen-bond acceptors (Lipinski definition) is 3. The second kappa shape index (κ2) is 12.0. The zero-order chi connectivity index (χ0) is 19.5. The van der Waals surface area contributed by atoms with Gasteiger partial charge in [0.2, 0.25) is 0 Å². The fourth-order valence-corrected chi connectivity index (χ4v) is 3.71. The third-order valence-corrected chi connectivity index (χ3v) is 5.16. The molecule has 0 amide bonds. The standard InChI is InChI=1S/C22H38N4O/c1-5-23-22(24-9-6-21-15-18(2)14-19(3)16-21)25-17-20-7-10-26(11-8-20)12-13-27-4/h14-16,20H,5-13,17H2,1-4H3,(H2,23,24,25). The molecule has 1 heterocycles. The van der Waals surface area contributed by atoms with Crippen molar-refractivity contribution in [1.82, 2.24) is 15.5 Å². The van der Waals surface area contributed by atoms with E-state index in [2.05, 4.69) is 54.5 Å². The minimum Gasteiger partial charge on any atom is -0.383 e. The van der Waals surface area contributed by atoms with Gasteiger partial charge in [0.25, 0.3) is 0 Å². The molecule has 0 spiro atoms. The molecular weight excluding hydrogens is 336 g/mol. The van der Waals surface area contributed by atoms with Gasteiger partial charge in [-0.25, -0.2) is 0 Å². The van der Waals surface area contributed by atoms with E-state index < -0.39 is 0 Å². The lowest BCUT2D eigenvalue weighted by Crippen LogP contribution is -2.40. The van der Waals surface area contributed by atoms with Crippen molar-refractivity contribution in [3.63, 3.8) is 0 Å². The molecule has 2 rings (SSSR count). The molecule has 0 atom stereocenters. The molecule has 5 nitrogen and oxygen atoms in total. The first-order valence-electron chi connectivity index (χ1n) is 10.4. The van der Waals surface area contributed by atoms with Crippen LogP contribution in [0.2, 0.25) is 0 Å². The molecule has 0 unspecified atom stereocenters. The molecule has 1 aliphatic rings. The third-order valence-electron chi connectivity index (χ3n) is 5.16. The van der Waals surface area contributed by atoms with Crippen molar-refractivity contribution in [3.05, 3.63) is 34.9 Å². The smallest absolute Gasteiger partial charge is 0.191 e. The van der Waals surface area contributed by atoms with Crippen molar-refractivity contribution >= 4 is 5.96 Å². The Kier molecular flexibility index (Phi) is 9.64. The van der Waals surface area contributed by atoms with Crippen molar-refractivity contribution in [2.24, 2.45) is 10.9 Å². The van der Waals surface area contributed by atoms with Gasteiger partial charge in [0.1, 0.15) is 0 Å². The highest BCUT2D eigenvalue weighted by atomic mass is 16.5. The Morgan fingerprint density at radius 2 is 1.85 bits per heavy atom. The summed E-state index contributed by atoms with van der Waals surface area (Å²) in [7, 11) is 1.77. The summed E-state index contributed by atoms with van der Waals surface area (Å²) in [6, 6.07) is 6.77. The summed E-state index contributed by atoms with van der Waals surface area (Å²) in [6.45, 7) is 13.4. The number of ether oxygens (including phenoxy) is 1. The average molecular weight is 375 g/mol. The highest BCUT2D eigenvalue weighted by Gasteiger charge is 2.18. The van der Waals surface area contributed by atoms with Crippen LogP contribution in [0.15, 0.2) is 23.2 Å². The summed E-state index contributed by atoms with van der Waals surface area (Å²) in [5.41, 5.74) is 4.06. The van der Waals surface area contributed by atoms with Crippen LogP contribution in [-0.4, -0.2) is 63.8 Å². The maximum absolute atomic E-state index is 5.18. The SMILES string of the molecule is CCNC(=NCC1CCN(CCOC)CC1)NCCc1cc(C)cc(C)c1. The monoisotopic (exact) mass is 374 g/mol. The summed E-state index contributed by atoms with van der Waals surface area (Å²) in [6.07, 6.45) is 3.48. The summed E-state index contributed by atoms with van der Waals surface area (Å²) in [4.78, 5) is 7.34. The Hall–Kier alpha value is -1.59. The number of aryl methyl sites for hydroxylation is 2. The van der Waals surface area contributed by atoms with Gasteiger partial charge in [-0.2, -0.15) is 0 Å². The molecule has 2 N–H and O–H groups in total. The zero-order valence-electron chi connectivity index (χ0n) is 17.7. The van der Waals surface area contributed by atoms with Gasteiger partial charge in [-0.05, 0) is 64.6 Å². The average Bonchev–Trinajstić information content (AvgIpc) is 2.64. The Morgan fingerprint density at radius 1 is 1.15 bits per heavy atom. The van der Waals surface area contributed by atoms with E-state index in [1.807, 2.05) is 0 Å². The van der Waals surface area contributed by atoms with Gasteiger partial charge in [-0.3, -0.25) is 4.99 Å². The van der Waals surface area contributed by atoms with Crippen LogP contribution in [0, 0.1) is 19.8 Å². The van der Waals surface area contributed by atoms with Crippen LogP contribution >= 0.6 is 0 Å². The summed E-state index contributed by atoms with van der Waals surface area (Å²) < 4.78 is 5.18. The maximum atomic E-state index is 5.18. The van der Waals surface area contributed by atoms with Crippen molar-refractivity contribution in [2.75, 3.05) is 53.0 Å². The predicted molar refractivity (Wildman–Crippen MR) is 115 cm³/mol. The normalized spacial score (nSPS) is 16.5. The number of rotatable bonds is 9. The summed E-state index contributed by atoms with van der Waals surface area (Å²) in [5, 5.41) is 6.88. The van der Waals surface area contributed by atoms with Crippen LogP contribution in [-0.2, 0) is 11.2 Å². The van der Waals surface area contributed by atoms with Gasteiger partial charge in [0, 0.05) is 33.3 Å². The van der Waals surface area contributed by atoms with Gasteiger partial charge in [-0.1, -0.05) is 29.3 Å². The molecule has 0 aromatic heterocycles. The largest absolute Gasteiger partial charge is 0.383 e. The topological polar surface area (TPSA) is 48.9 Å². The first-order chi connectivity index (χ1) is 13.1. The maximum Gasteiger partial charge on any atom is 0.191 e. The number of benzene rings is 1. The van der Waals surface area contributed by atoms with E-state index in [0.717, 1.165) is 45.2 Å². The Morgan fingerprint density at radius 3 is 2.48 bits per heavy atom. The van der Waals surface area contributed by atoms with Gasteiger partial charge in [0.05, 0.1) is 6.61 Å². The number of nitrogens with zero attached hydrogens (tertiary/aromatic N) is 2. The fourth-order valence-electron chi connectivity index (χ4n) is 3.71. The van der Waals surface area contributed by atoms with Crippen LogP contribution in [0.5, 0.6) is 0 Å². The van der Waals surface area contributed by atoms with E-state index in [1.54, 1.807) is 7.11 Å². The Balaban J connectivity index is 1.75. The van der Waals surface area contributed by atoms with Crippen molar-refractivity contribution in [1.29, 1.82) is 0 Å². The number of nitrogens with one attached hydrogen (secondary N) is 2. The van der Waals surface area contributed by atoms with Crippen molar-refractivity contribution < 1.29 is 4.74 Å². The quantitative estimate of drug-likeness (QED) is 0.515. The van der Waals surface area contributed by atoms with E-state index in [0.29, 0.717) is 5.92 Å². The lowest BCUT2D eigenvalue weighted by Gasteiger charge is -2.31. The molecule has 1 saturated heterocycles. The third kappa shape index (κ3) is 8.31. The van der Waals surface area contributed by atoms with Gasteiger partial charge in [-0.15, -0.1) is 0 Å². The highest BCUT2D eigenvalue weighted by molar-refractivity contribution is 5.79. The molecular formula is C22H38N4O. The minimum absolute atomic E-state index is 0.693. The molecule has 27 heavy (non-hydrogen) atoms. The number of guanidine groups is 1. The molecule has 5 heteroatoms. The summed E-state index contributed by atoms with van der Waals surface area (Å²) in [5.74, 6) is 1.64. The Bertz CT molecular complexity index is 559. The number of likely N-dealkylation sites (tertiary alicyclic amines) is 1. The molecule has 0 bridgehead atoms. The first kappa shape index (κ1) is 21.7. The van der Waals surface area contributed by atoms with Crippen LogP contribution < -0.4 is 10.6 Å². The predicted octanol–water partition coefficient (Wildman–Crippen LogP) is 2.76. The molecule has 1 aromatic carbocycles. The summed E-state index contributed by atoms with van der Waals surface area (Å²) >= 11 is 0. The van der Waals surface area contributed by atoms with Crippen LogP contribution in [0.1, 0.15) is 36.5 Å². The van der Waals surface area contributed by atoms with E-state index in [1.165, 1.54) is 42.6 Å². The number of aliphatic imine (C=N–C) groups is 1. The van der Waals surface area contributed by atoms with E-state index in [9.17, 15) is 0 Å². The van der Waals surface area contributed by atoms with E-state index >= 15 is 0 Å². The van der Waals surface area contributed by atoms with Gasteiger partial charge < -0.3 is 20.3 Å². The fraction of sp³-hybridized carbons (Fsp3) is 0.682. The highest BCUT2D eigenvalue weighted by Crippen LogP contribution is 2.17.